The predicted octanol–water partition coefficient (Wildman–Crippen LogP) is 2.90. The minimum Gasteiger partial charge on any atom is -0.351 e. The lowest BCUT2D eigenvalue weighted by atomic mass is 9.88. The molecular weight excluding hydrogens is 415 g/mol. The van der Waals surface area contributed by atoms with E-state index in [-0.39, 0.29) is 24.8 Å². The molecule has 0 bridgehead atoms. The topological polar surface area (TPSA) is 101 Å². The number of rotatable bonds is 5. The smallest absolute Gasteiger partial charge is 0.234 e. The molecule has 1 unspecified atom stereocenters. The molecule has 0 saturated carbocycles. The standard InChI is InChI=1S/C20H20Cl2N4O3/c1-20(2,15-10-23-5-6-24-15)19(29)25-9-11-7-13(21)17(14(22)8-11)12-3-4-16(27)26-18(12)28/h5-8,10,12H,3-4,9H2,1-2H3,(H,25,29)(H,26,27,28). The van der Waals surface area contributed by atoms with Gasteiger partial charge in [0.1, 0.15) is 0 Å². The largest absolute Gasteiger partial charge is 0.351 e. The molecule has 0 aliphatic carbocycles. The molecule has 1 aromatic carbocycles. The van der Waals surface area contributed by atoms with Crippen molar-refractivity contribution >= 4 is 40.9 Å². The quantitative estimate of drug-likeness (QED) is 0.704. The first-order chi connectivity index (χ1) is 13.7. The highest BCUT2D eigenvalue weighted by Crippen LogP contribution is 2.37. The van der Waals surface area contributed by atoms with Crippen molar-refractivity contribution < 1.29 is 14.4 Å². The highest BCUT2D eigenvalue weighted by Gasteiger charge is 2.33. The Morgan fingerprint density at radius 3 is 2.52 bits per heavy atom. The molecule has 7 nitrogen and oxygen atoms in total. The van der Waals surface area contributed by atoms with Crippen molar-refractivity contribution in [3.05, 3.63) is 57.6 Å². The summed E-state index contributed by atoms with van der Waals surface area (Å²) in [6.45, 7) is 3.73. The van der Waals surface area contributed by atoms with Crippen LogP contribution in [0.2, 0.25) is 10.0 Å². The third-order valence-corrected chi connectivity index (χ3v) is 5.58. The van der Waals surface area contributed by atoms with E-state index >= 15 is 0 Å². The average molecular weight is 435 g/mol. The predicted molar refractivity (Wildman–Crippen MR) is 108 cm³/mol. The number of benzene rings is 1. The van der Waals surface area contributed by atoms with E-state index in [1.165, 1.54) is 6.20 Å². The lowest BCUT2D eigenvalue weighted by molar-refractivity contribution is -0.134. The van der Waals surface area contributed by atoms with E-state index < -0.39 is 17.2 Å². The zero-order valence-electron chi connectivity index (χ0n) is 16.0. The number of piperidine rings is 1. The number of aromatic nitrogens is 2. The number of carbonyl (C=O) groups excluding carboxylic acids is 3. The monoisotopic (exact) mass is 434 g/mol. The second-order valence-electron chi connectivity index (χ2n) is 7.38. The average Bonchev–Trinajstić information content (AvgIpc) is 2.67. The molecule has 2 N–H and O–H groups in total. The number of carbonyl (C=O) groups is 3. The summed E-state index contributed by atoms with van der Waals surface area (Å²) in [6.07, 6.45) is 5.23. The highest BCUT2D eigenvalue weighted by atomic mass is 35.5. The third-order valence-electron chi connectivity index (χ3n) is 4.95. The molecular formula is C20H20Cl2N4O3. The zero-order valence-corrected chi connectivity index (χ0v) is 17.5. The Labute approximate surface area is 178 Å². The molecule has 1 aliphatic rings. The van der Waals surface area contributed by atoms with E-state index in [0.717, 1.165) is 0 Å². The van der Waals surface area contributed by atoms with Crippen molar-refractivity contribution in [2.75, 3.05) is 0 Å². The number of halogens is 2. The fourth-order valence-corrected chi connectivity index (χ4v) is 3.98. The molecule has 1 atom stereocenters. The Hall–Kier alpha value is -2.51. The van der Waals surface area contributed by atoms with Crippen molar-refractivity contribution in [2.24, 2.45) is 0 Å². The van der Waals surface area contributed by atoms with Gasteiger partial charge in [-0.25, -0.2) is 0 Å². The van der Waals surface area contributed by atoms with Crippen molar-refractivity contribution in [2.45, 2.75) is 44.6 Å². The molecule has 9 heteroatoms. The molecule has 1 saturated heterocycles. The Morgan fingerprint density at radius 2 is 1.93 bits per heavy atom. The van der Waals surface area contributed by atoms with Gasteiger partial charge in [0.25, 0.3) is 0 Å². The summed E-state index contributed by atoms with van der Waals surface area (Å²) >= 11 is 12.8. The number of hydrogen-bond donors (Lipinski definition) is 2. The summed E-state index contributed by atoms with van der Waals surface area (Å²) in [7, 11) is 0. The summed E-state index contributed by atoms with van der Waals surface area (Å²) in [5, 5.41) is 5.81. The normalized spacial score (nSPS) is 17.0. The maximum Gasteiger partial charge on any atom is 0.234 e. The van der Waals surface area contributed by atoms with Crippen LogP contribution in [-0.2, 0) is 26.3 Å². The van der Waals surface area contributed by atoms with Gasteiger partial charge in [-0.1, -0.05) is 23.2 Å². The van der Waals surface area contributed by atoms with E-state index in [1.807, 2.05) is 0 Å². The first-order valence-electron chi connectivity index (χ1n) is 9.06. The molecule has 3 amide bonds. The van der Waals surface area contributed by atoms with E-state index in [4.69, 9.17) is 23.2 Å². The molecule has 0 radical (unpaired) electrons. The molecule has 2 heterocycles. The fraction of sp³-hybridized carbons (Fsp3) is 0.350. The first-order valence-corrected chi connectivity index (χ1v) is 9.82. The SMILES string of the molecule is CC(C)(C(=O)NCc1cc(Cl)c(C2CCC(=O)NC2=O)c(Cl)c1)c1cnccn1. The minimum atomic E-state index is -0.867. The van der Waals surface area contributed by atoms with Crippen LogP contribution in [0.4, 0.5) is 0 Å². The Kier molecular flexibility index (Phi) is 6.19. The van der Waals surface area contributed by atoms with Crippen LogP contribution in [0.5, 0.6) is 0 Å². The first kappa shape index (κ1) is 21.2. The van der Waals surface area contributed by atoms with Crippen molar-refractivity contribution in [1.29, 1.82) is 0 Å². The summed E-state index contributed by atoms with van der Waals surface area (Å²) in [5.74, 6) is -1.51. The van der Waals surface area contributed by atoms with Gasteiger partial charge in [-0.15, -0.1) is 0 Å². The molecule has 1 aromatic heterocycles. The van der Waals surface area contributed by atoms with Gasteiger partial charge in [-0.05, 0) is 38.0 Å². The maximum atomic E-state index is 12.7. The number of nitrogens with one attached hydrogen (secondary N) is 2. The van der Waals surface area contributed by atoms with Crippen LogP contribution >= 0.6 is 23.2 Å². The molecule has 29 heavy (non-hydrogen) atoms. The zero-order chi connectivity index (χ0) is 21.2. The molecule has 1 aliphatic heterocycles. The highest BCUT2D eigenvalue weighted by molar-refractivity contribution is 6.36. The molecule has 1 fully saturated rings. The van der Waals surface area contributed by atoms with Crippen LogP contribution in [0, 0.1) is 0 Å². The second-order valence-corrected chi connectivity index (χ2v) is 8.19. The van der Waals surface area contributed by atoms with Crippen molar-refractivity contribution in [3.63, 3.8) is 0 Å². The second kappa shape index (κ2) is 8.47. The number of amides is 3. The van der Waals surface area contributed by atoms with Crippen molar-refractivity contribution in [3.8, 4) is 0 Å². The van der Waals surface area contributed by atoms with Crippen LogP contribution in [0.3, 0.4) is 0 Å². The summed E-state index contributed by atoms with van der Waals surface area (Å²) in [4.78, 5) is 44.4. The van der Waals surface area contributed by atoms with E-state index in [2.05, 4.69) is 20.6 Å². The van der Waals surface area contributed by atoms with Crippen LogP contribution in [0.25, 0.3) is 0 Å². The van der Waals surface area contributed by atoms with Gasteiger partial charge in [0.2, 0.25) is 17.7 Å². The van der Waals surface area contributed by atoms with Crippen LogP contribution in [-0.4, -0.2) is 27.7 Å². The fourth-order valence-electron chi connectivity index (χ4n) is 3.18. The Morgan fingerprint density at radius 1 is 1.24 bits per heavy atom. The molecule has 152 valence electrons. The van der Waals surface area contributed by atoms with Gasteiger partial charge in [0, 0.05) is 47.2 Å². The number of hydrogen-bond acceptors (Lipinski definition) is 5. The Balaban J connectivity index is 1.73. The summed E-state index contributed by atoms with van der Waals surface area (Å²) in [6, 6.07) is 3.34. The third kappa shape index (κ3) is 4.57. The lowest BCUT2D eigenvalue weighted by Crippen LogP contribution is -2.40. The maximum absolute atomic E-state index is 12.7. The number of nitrogens with zero attached hydrogens (tertiary/aromatic N) is 2. The molecule has 3 rings (SSSR count). The Bertz CT molecular complexity index is 940. The van der Waals surface area contributed by atoms with Crippen LogP contribution < -0.4 is 10.6 Å². The minimum absolute atomic E-state index is 0.206. The van der Waals surface area contributed by atoms with Crippen LogP contribution in [0.15, 0.2) is 30.7 Å². The van der Waals surface area contributed by atoms with Crippen molar-refractivity contribution in [1.82, 2.24) is 20.6 Å². The van der Waals surface area contributed by atoms with Gasteiger partial charge in [0.15, 0.2) is 0 Å². The van der Waals surface area contributed by atoms with E-state index in [0.29, 0.717) is 33.3 Å². The number of imide groups is 1. The van der Waals surface area contributed by atoms with Gasteiger partial charge >= 0.3 is 0 Å². The molecule has 2 aromatic rings. The lowest BCUT2D eigenvalue weighted by Gasteiger charge is -2.24. The summed E-state index contributed by atoms with van der Waals surface area (Å²) in [5.41, 5.74) is 0.878. The van der Waals surface area contributed by atoms with Gasteiger partial charge in [-0.2, -0.15) is 0 Å². The van der Waals surface area contributed by atoms with E-state index in [9.17, 15) is 14.4 Å². The van der Waals surface area contributed by atoms with Gasteiger partial charge in [0.05, 0.1) is 17.0 Å². The molecule has 0 spiro atoms. The van der Waals surface area contributed by atoms with Gasteiger partial charge in [-0.3, -0.25) is 29.7 Å². The van der Waals surface area contributed by atoms with E-state index in [1.54, 1.807) is 38.4 Å². The summed E-state index contributed by atoms with van der Waals surface area (Å²) < 4.78 is 0. The van der Waals surface area contributed by atoms with Crippen LogP contribution in [0.1, 0.15) is 49.4 Å². The van der Waals surface area contributed by atoms with Gasteiger partial charge < -0.3 is 5.32 Å².